The summed E-state index contributed by atoms with van der Waals surface area (Å²) in [6.45, 7) is 6.41. The smallest absolute Gasteiger partial charge is 0.0873 e. The predicted octanol–water partition coefficient (Wildman–Crippen LogP) is 2.15. The van der Waals surface area contributed by atoms with Gasteiger partial charge in [0, 0.05) is 0 Å². The predicted molar refractivity (Wildman–Crippen MR) is 35.4 cm³/mol. The first-order valence-corrected chi connectivity index (χ1v) is 2.94. The monoisotopic (exact) mass is 113 g/mol. The van der Waals surface area contributed by atoms with E-state index in [2.05, 4.69) is 6.92 Å². The lowest BCUT2D eigenvalue weighted by Crippen LogP contribution is -1.84. The minimum atomic E-state index is 0.799. The van der Waals surface area contributed by atoms with Gasteiger partial charge in [-0.05, 0) is 13.3 Å². The minimum absolute atomic E-state index is 0.799. The average Bonchev–Trinajstić information content (AvgIpc) is 1.81. The van der Waals surface area contributed by atoms with E-state index in [1.807, 2.05) is 13.0 Å². The van der Waals surface area contributed by atoms with Crippen LogP contribution in [0.2, 0.25) is 0 Å². The van der Waals surface area contributed by atoms with Crippen LogP contribution >= 0.6 is 0 Å². The second-order valence-corrected chi connectivity index (χ2v) is 1.55. The molecule has 0 aromatic rings. The van der Waals surface area contributed by atoms with Crippen molar-refractivity contribution in [2.75, 3.05) is 6.61 Å². The molecule has 1 radical (unpaired) electrons. The zero-order valence-corrected chi connectivity index (χ0v) is 5.39. The van der Waals surface area contributed by atoms with Crippen molar-refractivity contribution in [3.05, 3.63) is 19.3 Å². The molecule has 0 aromatic carbocycles. The Morgan fingerprint density at radius 3 is 2.88 bits per heavy atom. The van der Waals surface area contributed by atoms with E-state index in [1.165, 1.54) is 0 Å². The first-order chi connectivity index (χ1) is 3.91. The molecule has 8 heavy (non-hydrogen) atoms. The van der Waals surface area contributed by atoms with Crippen molar-refractivity contribution < 1.29 is 4.74 Å². The molecular weight excluding hydrogens is 100 g/mol. The molecule has 0 bridgehead atoms. The van der Waals surface area contributed by atoms with E-state index in [1.54, 1.807) is 6.26 Å². The standard InChI is InChI=1S/C7H13O/c1-3-5-7-8-6-4-2/h4,6H,1,3,5,7H2,2H3. The van der Waals surface area contributed by atoms with Crippen LogP contribution in [0.15, 0.2) is 12.3 Å². The quantitative estimate of drug-likeness (QED) is 0.401. The van der Waals surface area contributed by atoms with E-state index in [4.69, 9.17) is 4.74 Å². The molecule has 0 atom stereocenters. The van der Waals surface area contributed by atoms with Crippen molar-refractivity contribution in [3.63, 3.8) is 0 Å². The molecule has 0 aromatic heterocycles. The van der Waals surface area contributed by atoms with Crippen LogP contribution in [0.3, 0.4) is 0 Å². The van der Waals surface area contributed by atoms with Gasteiger partial charge in [0.2, 0.25) is 0 Å². The molecule has 0 fully saturated rings. The molecule has 1 heteroatoms. The van der Waals surface area contributed by atoms with Gasteiger partial charge >= 0.3 is 0 Å². The highest BCUT2D eigenvalue weighted by Gasteiger charge is 1.77. The summed E-state index contributed by atoms with van der Waals surface area (Å²) in [7, 11) is 0. The van der Waals surface area contributed by atoms with E-state index < -0.39 is 0 Å². The zero-order valence-electron chi connectivity index (χ0n) is 5.39. The molecule has 0 aliphatic heterocycles. The number of hydrogen-bond donors (Lipinski definition) is 0. The van der Waals surface area contributed by atoms with E-state index >= 15 is 0 Å². The largest absolute Gasteiger partial charge is 0.502 e. The van der Waals surface area contributed by atoms with Crippen molar-refractivity contribution in [1.29, 1.82) is 0 Å². The Balaban J connectivity index is 2.72. The van der Waals surface area contributed by atoms with E-state index in [0.717, 1.165) is 19.4 Å². The Morgan fingerprint density at radius 2 is 2.38 bits per heavy atom. The van der Waals surface area contributed by atoms with Crippen LogP contribution in [0, 0.1) is 6.92 Å². The zero-order chi connectivity index (χ0) is 6.24. The number of allylic oxidation sites excluding steroid dienone is 1. The summed E-state index contributed by atoms with van der Waals surface area (Å²) in [6, 6.07) is 0. The molecular formula is C7H13O. The lowest BCUT2D eigenvalue weighted by Gasteiger charge is -1.94. The van der Waals surface area contributed by atoms with Crippen LogP contribution in [0.4, 0.5) is 0 Å². The number of rotatable bonds is 4. The van der Waals surface area contributed by atoms with Gasteiger partial charge in [-0.2, -0.15) is 0 Å². The van der Waals surface area contributed by atoms with Gasteiger partial charge in [0.1, 0.15) is 0 Å². The average molecular weight is 113 g/mol. The van der Waals surface area contributed by atoms with Crippen LogP contribution in [-0.4, -0.2) is 6.61 Å². The lowest BCUT2D eigenvalue weighted by atomic mass is 10.4. The SMILES string of the molecule is [CH2]CCCOC=CC. The first kappa shape index (κ1) is 7.54. The Morgan fingerprint density at radius 1 is 1.62 bits per heavy atom. The Kier molecular flexibility index (Phi) is 6.16. The van der Waals surface area contributed by atoms with Gasteiger partial charge < -0.3 is 4.74 Å². The van der Waals surface area contributed by atoms with Crippen molar-refractivity contribution >= 4 is 0 Å². The van der Waals surface area contributed by atoms with Gasteiger partial charge in [-0.25, -0.2) is 0 Å². The Bertz CT molecular complexity index is 57.4. The first-order valence-electron chi connectivity index (χ1n) is 2.94. The highest BCUT2D eigenvalue weighted by atomic mass is 16.5. The van der Waals surface area contributed by atoms with E-state index in [-0.39, 0.29) is 0 Å². The maximum Gasteiger partial charge on any atom is 0.0873 e. The van der Waals surface area contributed by atoms with Crippen LogP contribution in [0.1, 0.15) is 19.8 Å². The summed E-state index contributed by atoms with van der Waals surface area (Å²) < 4.78 is 5.00. The Hall–Kier alpha value is -0.460. The molecule has 0 heterocycles. The molecule has 0 N–H and O–H groups in total. The normalized spacial score (nSPS) is 10.2. The summed E-state index contributed by atoms with van der Waals surface area (Å²) >= 11 is 0. The van der Waals surface area contributed by atoms with Crippen molar-refractivity contribution in [2.45, 2.75) is 19.8 Å². The molecule has 0 saturated carbocycles. The molecule has 0 aliphatic rings. The molecule has 0 amide bonds. The lowest BCUT2D eigenvalue weighted by molar-refractivity contribution is 0.245. The molecule has 0 spiro atoms. The van der Waals surface area contributed by atoms with E-state index in [9.17, 15) is 0 Å². The molecule has 0 unspecified atom stereocenters. The molecule has 0 rings (SSSR count). The van der Waals surface area contributed by atoms with Crippen molar-refractivity contribution in [1.82, 2.24) is 0 Å². The Labute approximate surface area is 51.4 Å². The minimum Gasteiger partial charge on any atom is -0.502 e. The third-order valence-corrected chi connectivity index (χ3v) is 0.744. The third-order valence-electron chi connectivity index (χ3n) is 0.744. The molecule has 0 aliphatic carbocycles. The molecule has 0 saturated heterocycles. The van der Waals surface area contributed by atoms with Crippen LogP contribution in [-0.2, 0) is 4.74 Å². The fourth-order valence-electron chi connectivity index (χ4n) is 0.350. The third kappa shape index (κ3) is 5.54. The summed E-state index contributed by atoms with van der Waals surface area (Å²) in [4.78, 5) is 0. The summed E-state index contributed by atoms with van der Waals surface area (Å²) in [5.74, 6) is 0. The van der Waals surface area contributed by atoms with Crippen molar-refractivity contribution in [2.24, 2.45) is 0 Å². The number of ether oxygens (including phenoxy) is 1. The number of hydrogen-bond acceptors (Lipinski definition) is 1. The molecule has 47 valence electrons. The summed E-state index contributed by atoms with van der Waals surface area (Å²) in [5, 5.41) is 0. The van der Waals surface area contributed by atoms with Crippen LogP contribution in [0.25, 0.3) is 0 Å². The van der Waals surface area contributed by atoms with Crippen LogP contribution in [0.5, 0.6) is 0 Å². The van der Waals surface area contributed by atoms with Crippen LogP contribution < -0.4 is 0 Å². The van der Waals surface area contributed by atoms with Gasteiger partial charge in [-0.1, -0.05) is 19.4 Å². The van der Waals surface area contributed by atoms with Crippen molar-refractivity contribution in [3.8, 4) is 0 Å². The highest BCUT2D eigenvalue weighted by Crippen LogP contribution is 1.86. The van der Waals surface area contributed by atoms with Gasteiger partial charge in [-0.3, -0.25) is 0 Å². The van der Waals surface area contributed by atoms with Gasteiger partial charge in [0.15, 0.2) is 0 Å². The summed E-state index contributed by atoms with van der Waals surface area (Å²) in [5.41, 5.74) is 0. The second kappa shape index (κ2) is 6.54. The van der Waals surface area contributed by atoms with E-state index in [0.29, 0.717) is 0 Å². The van der Waals surface area contributed by atoms with Gasteiger partial charge in [0.25, 0.3) is 0 Å². The second-order valence-electron chi connectivity index (χ2n) is 1.55. The van der Waals surface area contributed by atoms with Gasteiger partial charge in [0.05, 0.1) is 12.9 Å². The maximum atomic E-state index is 5.00. The fraction of sp³-hybridized carbons (Fsp3) is 0.571. The van der Waals surface area contributed by atoms with Gasteiger partial charge in [-0.15, -0.1) is 0 Å². The highest BCUT2D eigenvalue weighted by molar-refractivity contribution is 4.64. The number of unbranched alkanes of at least 4 members (excludes halogenated alkanes) is 1. The topological polar surface area (TPSA) is 9.23 Å². The molecule has 1 nitrogen and oxygen atoms in total. The summed E-state index contributed by atoms with van der Waals surface area (Å²) in [6.07, 6.45) is 5.58. The fourth-order valence-corrected chi connectivity index (χ4v) is 0.350. The maximum absolute atomic E-state index is 5.00.